The van der Waals surface area contributed by atoms with Gasteiger partial charge in [0.2, 0.25) is 5.79 Å². The predicted octanol–water partition coefficient (Wildman–Crippen LogP) is -2.51. The summed E-state index contributed by atoms with van der Waals surface area (Å²) in [4.78, 5) is 11.1. The molecule has 4 nitrogen and oxygen atoms in total. The number of rotatable bonds is 5. The van der Waals surface area contributed by atoms with E-state index >= 15 is 0 Å². The summed E-state index contributed by atoms with van der Waals surface area (Å²) in [5, 5.41) is 8.33. The number of ether oxygens (including phenoxy) is 2. The Kier molecular flexibility index (Phi) is 8.78. The van der Waals surface area contributed by atoms with Gasteiger partial charge in [-0.3, -0.25) is 4.79 Å². The molecule has 0 spiro atoms. The minimum absolute atomic E-state index is 0. The number of hydrogen-bond acceptors (Lipinski definition) is 4. The number of aliphatic hydroxyl groups excluding tert-OH is 1. The van der Waals surface area contributed by atoms with Crippen LogP contribution in [0.25, 0.3) is 0 Å². The van der Waals surface area contributed by atoms with Crippen molar-refractivity contribution in [1.82, 2.24) is 0 Å². The topological polar surface area (TPSA) is 55.8 Å². The molecule has 0 aromatic rings. The van der Waals surface area contributed by atoms with E-state index in [0.29, 0.717) is 0 Å². The number of ketones is 1. The molecule has 0 atom stereocenters. The summed E-state index contributed by atoms with van der Waals surface area (Å²) in [5.74, 6) is -1.55. The van der Waals surface area contributed by atoms with Crippen LogP contribution in [0, 0.1) is 6.61 Å². The third kappa shape index (κ3) is 3.98. The molecule has 0 bridgehead atoms. The quantitative estimate of drug-likeness (QED) is 0.291. The van der Waals surface area contributed by atoms with Gasteiger partial charge in [-0.05, 0) is 6.92 Å². The molecule has 0 saturated carbocycles. The largest absolute Gasteiger partial charge is 1.00 e. The molecule has 0 aromatic carbocycles. The van der Waals surface area contributed by atoms with Gasteiger partial charge in [0.25, 0.3) is 0 Å². The Morgan fingerprint density at radius 2 is 1.92 bits per heavy atom. The molecular weight excluding hydrogens is 171 g/mol. The van der Waals surface area contributed by atoms with Crippen molar-refractivity contribution in [3.05, 3.63) is 6.61 Å². The van der Waals surface area contributed by atoms with Crippen molar-refractivity contribution in [1.29, 1.82) is 0 Å². The first-order valence-electron chi connectivity index (χ1n) is 3.20. The third-order valence-corrected chi connectivity index (χ3v) is 1.56. The van der Waals surface area contributed by atoms with E-state index in [1.54, 1.807) is 0 Å². The van der Waals surface area contributed by atoms with Gasteiger partial charge in [-0.25, -0.2) is 6.61 Å². The van der Waals surface area contributed by atoms with Crippen LogP contribution in [0.15, 0.2) is 0 Å². The van der Waals surface area contributed by atoms with E-state index in [9.17, 15) is 4.79 Å². The molecule has 0 aliphatic heterocycles. The van der Waals surface area contributed by atoms with E-state index in [1.165, 1.54) is 21.1 Å². The first-order valence-corrected chi connectivity index (χ1v) is 3.20. The van der Waals surface area contributed by atoms with Gasteiger partial charge in [-0.2, -0.15) is 0 Å². The van der Waals surface area contributed by atoms with Crippen LogP contribution in [-0.4, -0.2) is 30.9 Å². The Morgan fingerprint density at radius 3 is 2.17 bits per heavy atom. The van der Waals surface area contributed by atoms with Crippen molar-refractivity contribution in [2.45, 2.75) is 19.1 Å². The second kappa shape index (κ2) is 7.00. The Bertz CT molecular complexity index is 133. The molecule has 0 amide bonds. The maximum atomic E-state index is 11.1. The molecule has 66 valence electrons. The fourth-order valence-electron chi connectivity index (χ4n) is 0.579. The summed E-state index contributed by atoms with van der Waals surface area (Å²) in [5.41, 5.74) is 0. The van der Waals surface area contributed by atoms with Crippen molar-refractivity contribution in [2.24, 2.45) is 0 Å². The summed E-state index contributed by atoms with van der Waals surface area (Å²) in [6.07, 6.45) is -0.0713. The van der Waals surface area contributed by atoms with Crippen LogP contribution < -0.4 is 29.6 Å². The second-order valence-electron chi connectivity index (χ2n) is 2.16. The average molecular weight is 184 g/mol. The molecular formula is C7H13NaO4. The number of methoxy groups -OCH3 is 2. The fourth-order valence-corrected chi connectivity index (χ4v) is 0.579. The summed E-state index contributed by atoms with van der Waals surface area (Å²) >= 11 is 0. The van der Waals surface area contributed by atoms with Gasteiger partial charge < -0.3 is 14.6 Å². The molecule has 0 saturated heterocycles. The van der Waals surface area contributed by atoms with Gasteiger partial charge in [0.15, 0.2) is 5.78 Å². The number of Topliss-reactive ketones (excluding diaryl/α,β-unsaturated/α-hetero) is 1. The minimum Gasteiger partial charge on any atom is -0.565 e. The van der Waals surface area contributed by atoms with E-state index in [4.69, 9.17) is 14.6 Å². The van der Waals surface area contributed by atoms with Crippen LogP contribution in [0.2, 0.25) is 0 Å². The number of aliphatic hydroxyl groups is 1. The van der Waals surface area contributed by atoms with Crippen LogP contribution in [0.3, 0.4) is 0 Å². The summed E-state index contributed by atoms with van der Waals surface area (Å²) < 4.78 is 9.60. The van der Waals surface area contributed by atoms with Crippen molar-refractivity contribution in [3.8, 4) is 0 Å². The second-order valence-corrected chi connectivity index (χ2v) is 2.16. The minimum atomic E-state index is -1.24. The van der Waals surface area contributed by atoms with Gasteiger partial charge in [0.1, 0.15) is 0 Å². The molecule has 0 rings (SSSR count). The number of carbonyl (C=O) groups excluding carboxylic acids is 1. The molecule has 0 heterocycles. The number of carbonyl (C=O) groups is 1. The molecule has 12 heavy (non-hydrogen) atoms. The summed E-state index contributed by atoms with van der Waals surface area (Å²) in [6.45, 7) is 2.28. The Hall–Kier alpha value is 0.550. The van der Waals surface area contributed by atoms with E-state index in [-0.39, 0.29) is 41.8 Å². The van der Waals surface area contributed by atoms with Crippen LogP contribution >= 0.6 is 0 Å². The zero-order valence-corrected chi connectivity index (χ0v) is 9.96. The van der Waals surface area contributed by atoms with Gasteiger partial charge in [-0.1, -0.05) is 6.42 Å². The first kappa shape index (κ1) is 15.0. The monoisotopic (exact) mass is 184 g/mol. The van der Waals surface area contributed by atoms with Crippen LogP contribution in [-0.2, 0) is 14.3 Å². The molecule has 5 heteroatoms. The van der Waals surface area contributed by atoms with Crippen molar-refractivity contribution >= 4 is 5.78 Å². The van der Waals surface area contributed by atoms with Gasteiger partial charge in [0, 0.05) is 14.2 Å². The number of hydrogen-bond donors (Lipinski definition) is 1. The van der Waals surface area contributed by atoms with Crippen LogP contribution in [0.5, 0.6) is 0 Å². The van der Waals surface area contributed by atoms with Gasteiger partial charge in [-0.15, -0.1) is 0 Å². The third-order valence-electron chi connectivity index (χ3n) is 1.56. The summed E-state index contributed by atoms with van der Waals surface area (Å²) in [6, 6.07) is 0. The first-order chi connectivity index (χ1) is 5.10. The van der Waals surface area contributed by atoms with Crippen molar-refractivity contribution < 1.29 is 48.9 Å². The summed E-state index contributed by atoms with van der Waals surface area (Å²) in [7, 11) is 2.75. The molecule has 0 unspecified atom stereocenters. The van der Waals surface area contributed by atoms with Crippen LogP contribution in [0.4, 0.5) is 0 Å². The molecule has 0 fully saturated rings. The molecule has 0 radical (unpaired) electrons. The molecule has 0 aliphatic carbocycles. The van der Waals surface area contributed by atoms with Gasteiger partial charge in [0.05, 0.1) is 0 Å². The Morgan fingerprint density at radius 1 is 1.50 bits per heavy atom. The van der Waals surface area contributed by atoms with E-state index in [0.717, 1.165) is 6.61 Å². The van der Waals surface area contributed by atoms with E-state index in [2.05, 4.69) is 0 Å². The van der Waals surface area contributed by atoms with E-state index in [1.807, 2.05) is 0 Å². The zero-order chi connectivity index (χ0) is 8.91. The normalized spacial score (nSPS) is 10.7. The molecule has 0 aromatic heterocycles. The maximum absolute atomic E-state index is 11.1. The molecule has 1 N–H and O–H groups in total. The smallest absolute Gasteiger partial charge is 0.565 e. The predicted molar refractivity (Wildman–Crippen MR) is 38.3 cm³/mol. The Labute approximate surface area is 94.5 Å². The van der Waals surface area contributed by atoms with Crippen LogP contribution in [0.1, 0.15) is 13.3 Å². The van der Waals surface area contributed by atoms with E-state index < -0.39 is 5.79 Å². The average Bonchev–Trinajstić information content (AvgIpc) is 2.03. The van der Waals surface area contributed by atoms with Gasteiger partial charge >= 0.3 is 29.6 Å². The Balaban J connectivity index is 0. The zero-order valence-electron chi connectivity index (χ0n) is 7.96. The van der Waals surface area contributed by atoms with Crippen molar-refractivity contribution in [3.63, 3.8) is 0 Å². The maximum Gasteiger partial charge on any atom is 1.00 e. The fraction of sp³-hybridized carbons (Fsp3) is 0.714. The SMILES string of the molecule is COC(C)(OC)C(=O)C[CH-]O.[Na+]. The standard InChI is InChI=1S/C7H13O4.Na/c1-7(10-2,11-3)6(9)4-5-8;/h5,8H,4H2,1-3H3;/q-1;+1. The van der Waals surface area contributed by atoms with Crippen molar-refractivity contribution in [2.75, 3.05) is 14.2 Å². The molecule has 0 aliphatic rings.